The van der Waals surface area contributed by atoms with Gasteiger partial charge >= 0.3 is 0 Å². The summed E-state index contributed by atoms with van der Waals surface area (Å²) in [5, 5.41) is 5.84. The van der Waals surface area contributed by atoms with E-state index in [1.807, 2.05) is 19.2 Å². The summed E-state index contributed by atoms with van der Waals surface area (Å²) in [6.07, 6.45) is 2.84. The van der Waals surface area contributed by atoms with Crippen molar-refractivity contribution in [3.8, 4) is 0 Å². The third kappa shape index (κ3) is 3.53. The van der Waals surface area contributed by atoms with Gasteiger partial charge in [-0.3, -0.25) is 9.59 Å². The van der Waals surface area contributed by atoms with Gasteiger partial charge in [-0.15, -0.1) is 11.3 Å². The highest BCUT2D eigenvalue weighted by molar-refractivity contribution is 7.09. The van der Waals surface area contributed by atoms with E-state index in [2.05, 4.69) is 10.3 Å². The van der Waals surface area contributed by atoms with Crippen molar-refractivity contribution in [2.24, 2.45) is 5.92 Å². The zero-order valence-corrected chi connectivity index (χ0v) is 12.1. The molecule has 104 valence electrons. The number of thiazole rings is 1. The number of hydrogen-bond acceptors (Lipinski definition) is 4. The number of amides is 2. The fourth-order valence-electron chi connectivity index (χ4n) is 2.22. The third-order valence-corrected chi connectivity index (χ3v) is 4.11. The second kappa shape index (κ2) is 6.14. The van der Waals surface area contributed by atoms with Crippen LogP contribution >= 0.6 is 11.3 Å². The Kier molecular flexibility index (Phi) is 4.52. The minimum atomic E-state index is -0.203. The lowest BCUT2D eigenvalue weighted by Crippen LogP contribution is -2.36. The molecule has 1 aromatic rings. The van der Waals surface area contributed by atoms with Crippen molar-refractivity contribution in [2.75, 3.05) is 13.1 Å². The number of carbonyl (C=O) groups excluding carboxylic acids is 2. The van der Waals surface area contributed by atoms with Crippen LogP contribution in [0.25, 0.3) is 0 Å². The summed E-state index contributed by atoms with van der Waals surface area (Å²) in [5.74, 6) is -0.144. The maximum absolute atomic E-state index is 12.0. The maximum Gasteiger partial charge on any atom is 0.225 e. The fraction of sp³-hybridized carbons (Fsp3) is 0.615. The molecule has 6 heteroatoms. The highest BCUT2D eigenvalue weighted by Crippen LogP contribution is 2.20. The molecule has 1 unspecified atom stereocenters. The minimum Gasteiger partial charge on any atom is -0.355 e. The van der Waals surface area contributed by atoms with Crippen LogP contribution in [0.2, 0.25) is 0 Å². The zero-order chi connectivity index (χ0) is 13.8. The minimum absolute atomic E-state index is 0.0203. The molecule has 1 fully saturated rings. The van der Waals surface area contributed by atoms with E-state index in [-0.39, 0.29) is 23.8 Å². The largest absolute Gasteiger partial charge is 0.355 e. The monoisotopic (exact) mass is 281 g/mol. The Morgan fingerprint density at radius 2 is 2.42 bits per heavy atom. The Morgan fingerprint density at radius 3 is 3.00 bits per heavy atom. The van der Waals surface area contributed by atoms with Gasteiger partial charge in [0.2, 0.25) is 11.8 Å². The van der Waals surface area contributed by atoms with Crippen molar-refractivity contribution in [1.29, 1.82) is 0 Å². The van der Waals surface area contributed by atoms with Gasteiger partial charge < -0.3 is 10.2 Å². The number of carbonyl (C=O) groups is 2. The van der Waals surface area contributed by atoms with E-state index in [0.29, 0.717) is 19.5 Å². The molecule has 1 aromatic heterocycles. The van der Waals surface area contributed by atoms with Crippen LogP contribution in [0.15, 0.2) is 11.6 Å². The van der Waals surface area contributed by atoms with Crippen LogP contribution in [0, 0.1) is 5.92 Å². The summed E-state index contributed by atoms with van der Waals surface area (Å²) in [4.78, 5) is 29.6. The number of nitrogens with zero attached hydrogens (tertiary/aromatic N) is 2. The lowest BCUT2D eigenvalue weighted by molar-refractivity contribution is -0.129. The summed E-state index contributed by atoms with van der Waals surface area (Å²) in [6, 6.07) is 0.167. The van der Waals surface area contributed by atoms with Crippen LogP contribution in [-0.4, -0.2) is 40.8 Å². The molecule has 1 atom stereocenters. The molecular formula is C13H19N3O2S. The van der Waals surface area contributed by atoms with Gasteiger partial charge in [0.15, 0.2) is 0 Å². The van der Waals surface area contributed by atoms with E-state index in [9.17, 15) is 9.59 Å². The predicted octanol–water partition coefficient (Wildman–Crippen LogP) is 1.06. The summed E-state index contributed by atoms with van der Waals surface area (Å²) in [7, 11) is 0. The first-order chi connectivity index (χ1) is 9.08. The quantitative estimate of drug-likeness (QED) is 0.878. The molecule has 0 spiro atoms. The molecule has 1 aliphatic heterocycles. The molecular weight excluding hydrogens is 262 g/mol. The molecule has 2 amide bonds. The number of hydrogen-bond donors (Lipinski definition) is 1. The van der Waals surface area contributed by atoms with Gasteiger partial charge in [-0.2, -0.15) is 0 Å². The van der Waals surface area contributed by atoms with Crippen LogP contribution in [0.4, 0.5) is 0 Å². The average Bonchev–Trinajstić information content (AvgIpc) is 2.98. The molecule has 0 saturated carbocycles. The van der Waals surface area contributed by atoms with E-state index >= 15 is 0 Å². The van der Waals surface area contributed by atoms with Gasteiger partial charge in [0.05, 0.1) is 10.9 Å². The molecule has 0 aliphatic carbocycles. The maximum atomic E-state index is 12.0. The molecule has 0 radical (unpaired) electrons. The van der Waals surface area contributed by atoms with Crippen molar-refractivity contribution in [3.63, 3.8) is 0 Å². The molecule has 0 bridgehead atoms. The molecule has 5 nitrogen and oxygen atoms in total. The molecule has 1 saturated heterocycles. The van der Waals surface area contributed by atoms with Gasteiger partial charge in [0.1, 0.15) is 0 Å². The predicted molar refractivity (Wildman–Crippen MR) is 73.8 cm³/mol. The van der Waals surface area contributed by atoms with Crippen LogP contribution < -0.4 is 5.32 Å². The van der Waals surface area contributed by atoms with Crippen molar-refractivity contribution in [1.82, 2.24) is 15.2 Å². The van der Waals surface area contributed by atoms with Gasteiger partial charge in [-0.05, 0) is 13.8 Å². The lowest BCUT2D eigenvalue weighted by atomic mass is 10.1. The molecule has 19 heavy (non-hydrogen) atoms. The van der Waals surface area contributed by atoms with Crippen molar-refractivity contribution < 1.29 is 9.59 Å². The van der Waals surface area contributed by atoms with Crippen LogP contribution in [0.3, 0.4) is 0 Å². The highest BCUT2D eigenvalue weighted by Gasteiger charge is 2.35. The van der Waals surface area contributed by atoms with E-state index in [0.717, 1.165) is 11.4 Å². The Hall–Kier alpha value is -1.43. The third-order valence-electron chi connectivity index (χ3n) is 3.27. The summed E-state index contributed by atoms with van der Waals surface area (Å²) < 4.78 is 0. The Balaban J connectivity index is 1.76. The molecule has 1 N–H and O–H groups in total. The van der Waals surface area contributed by atoms with Crippen molar-refractivity contribution in [3.05, 3.63) is 16.6 Å². The fourth-order valence-corrected chi connectivity index (χ4v) is 2.84. The highest BCUT2D eigenvalue weighted by atomic mass is 32.1. The van der Waals surface area contributed by atoms with Crippen molar-refractivity contribution in [2.45, 2.75) is 32.7 Å². The second-order valence-corrected chi connectivity index (χ2v) is 5.99. The number of likely N-dealkylation sites (tertiary alicyclic amines) is 1. The molecule has 0 aromatic carbocycles. The summed E-state index contributed by atoms with van der Waals surface area (Å²) >= 11 is 1.59. The SMILES string of the molecule is CC(C)N1CC(C(=O)NCCc2nccs2)CC1=O. The Bertz CT molecular complexity index is 445. The Labute approximate surface area is 117 Å². The molecule has 2 heterocycles. The van der Waals surface area contributed by atoms with Crippen molar-refractivity contribution >= 4 is 23.2 Å². The van der Waals surface area contributed by atoms with Crippen LogP contribution in [0.1, 0.15) is 25.3 Å². The standard InChI is InChI=1S/C13H19N3O2S/c1-9(2)16-8-10(7-12(16)17)13(18)15-4-3-11-14-5-6-19-11/h5-6,9-10H,3-4,7-8H2,1-2H3,(H,15,18). The average molecular weight is 281 g/mol. The van der Waals surface area contributed by atoms with Gasteiger partial charge in [0, 0.05) is 43.5 Å². The summed E-state index contributed by atoms with van der Waals surface area (Å²) in [6.45, 7) is 5.07. The first-order valence-electron chi connectivity index (χ1n) is 6.53. The van der Waals surface area contributed by atoms with Gasteiger partial charge in [0.25, 0.3) is 0 Å². The zero-order valence-electron chi connectivity index (χ0n) is 11.3. The first-order valence-corrected chi connectivity index (χ1v) is 7.41. The van der Waals surface area contributed by atoms with E-state index in [1.165, 1.54) is 0 Å². The van der Waals surface area contributed by atoms with Gasteiger partial charge in [-0.1, -0.05) is 0 Å². The first kappa shape index (κ1) is 14.0. The Morgan fingerprint density at radius 1 is 1.63 bits per heavy atom. The lowest BCUT2D eigenvalue weighted by Gasteiger charge is -2.20. The molecule has 2 rings (SSSR count). The van der Waals surface area contributed by atoms with Gasteiger partial charge in [-0.25, -0.2) is 4.98 Å². The second-order valence-electron chi connectivity index (χ2n) is 5.01. The van der Waals surface area contributed by atoms with E-state index in [4.69, 9.17) is 0 Å². The molecule has 1 aliphatic rings. The van der Waals surface area contributed by atoms with E-state index in [1.54, 1.807) is 22.4 Å². The van der Waals surface area contributed by atoms with E-state index < -0.39 is 0 Å². The smallest absolute Gasteiger partial charge is 0.225 e. The topological polar surface area (TPSA) is 62.3 Å². The van der Waals surface area contributed by atoms with Crippen LogP contribution in [-0.2, 0) is 16.0 Å². The normalized spacial score (nSPS) is 19.2. The number of nitrogens with one attached hydrogen (secondary N) is 1. The number of rotatable bonds is 5. The summed E-state index contributed by atoms with van der Waals surface area (Å²) in [5.41, 5.74) is 0. The number of aromatic nitrogens is 1. The van der Waals surface area contributed by atoms with Crippen LogP contribution in [0.5, 0.6) is 0 Å².